The van der Waals surface area contributed by atoms with E-state index in [1.807, 2.05) is 17.7 Å². The van der Waals surface area contributed by atoms with Gasteiger partial charge in [-0.15, -0.1) is 0 Å². The van der Waals surface area contributed by atoms with Gasteiger partial charge in [-0.2, -0.15) is 0 Å². The van der Waals surface area contributed by atoms with E-state index in [-0.39, 0.29) is 5.82 Å². The molecule has 0 radical (unpaired) electrons. The maximum atomic E-state index is 13.2. The van der Waals surface area contributed by atoms with Crippen LogP contribution in [0, 0.1) is 5.82 Å². The fourth-order valence-corrected chi connectivity index (χ4v) is 2.12. The monoisotopic (exact) mass is 321 g/mol. The molecule has 2 aromatic heterocycles. The van der Waals surface area contributed by atoms with Crippen molar-refractivity contribution < 1.29 is 9.13 Å². The number of benzene rings is 1. The van der Waals surface area contributed by atoms with Gasteiger partial charge >= 0.3 is 0 Å². The van der Waals surface area contributed by atoms with Crippen molar-refractivity contribution in [2.75, 3.05) is 0 Å². The normalized spacial score (nSPS) is 10.9. The summed E-state index contributed by atoms with van der Waals surface area (Å²) < 4.78 is 21.0. The number of aromatic nitrogens is 3. The van der Waals surface area contributed by atoms with Crippen molar-refractivity contribution in [1.82, 2.24) is 14.5 Å². The number of nitrogens with zero attached hydrogens (tertiary/aromatic N) is 3. The van der Waals surface area contributed by atoms with Crippen molar-refractivity contribution >= 4 is 27.0 Å². The van der Waals surface area contributed by atoms with Gasteiger partial charge in [0.05, 0.1) is 16.3 Å². The second-order valence-corrected chi connectivity index (χ2v) is 4.87. The Morgan fingerprint density at radius 3 is 2.89 bits per heavy atom. The van der Waals surface area contributed by atoms with E-state index in [4.69, 9.17) is 4.74 Å². The van der Waals surface area contributed by atoms with Crippen LogP contribution < -0.4 is 4.74 Å². The number of aryl methyl sites for hydroxylation is 1. The number of hydrogen-bond acceptors (Lipinski definition) is 3. The summed E-state index contributed by atoms with van der Waals surface area (Å²) in [7, 11) is 1.90. The van der Waals surface area contributed by atoms with Crippen molar-refractivity contribution in [3.8, 4) is 11.6 Å². The molecule has 0 unspecified atom stereocenters. The number of imidazole rings is 1. The molecular weight excluding hydrogens is 313 g/mol. The van der Waals surface area contributed by atoms with Crippen LogP contribution in [0.25, 0.3) is 11.0 Å². The molecule has 0 aliphatic heterocycles. The number of rotatable bonds is 2. The molecule has 4 nitrogen and oxygen atoms in total. The summed E-state index contributed by atoms with van der Waals surface area (Å²) in [5, 5.41) is 0. The molecule has 0 spiro atoms. The molecule has 0 saturated heterocycles. The Kier molecular flexibility index (Phi) is 2.94. The SMILES string of the molecule is Cn1cnc2c(Oc3ccc(F)c(Br)c3)nccc21. The van der Waals surface area contributed by atoms with Crippen molar-refractivity contribution in [1.29, 1.82) is 0 Å². The molecule has 6 heteroatoms. The molecule has 0 amide bonds. The van der Waals surface area contributed by atoms with Gasteiger partial charge in [0.1, 0.15) is 11.6 Å². The van der Waals surface area contributed by atoms with E-state index >= 15 is 0 Å². The van der Waals surface area contributed by atoms with Gasteiger partial charge in [0.15, 0.2) is 5.52 Å². The van der Waals surface area contributed by atoms with Gasteiger partial charge in [-0.3, -0.25) is 0 Å². The molecule has 19 heavy (non-hydrogen) atoms. The predicted molar refractivity (Wildman–Crippen MR) is 72.7 cm³/mol. The number of ether oxygens (including phenoxy) is 1. The van der Waals surface area contributed by atoms with Crippen LogP contribution in [-0.2, 0) is 7.05 Å². The molecule has 2 heterocycles. The predicted octanol–water partition coefficient (Wildman–Crippen LogP) is 3.66. The summed E-state index contributed by atoms with van der Waals surface area (Å²) in [6.45, 7) is 0. The van der Waals surface area contributed by atoms with Crippen LogP contribution in [0.4, 0.5) is 4.39 Å². The Morgan fingerprint density at radius 2 is 2.11 bits per heavy atom. The van der Waals surface area contributed by atoms with Crippen LogP contribution in [0.15, 0.2) is 41.3 Å². The highest BCUT2D eigenvalue weighted by Gasteiger charge is 2.10. The molecule has 0 aliphatic rings. The van der Waals surface area contributed by atoms with Gasteiger partial charge in [0, 0.05) is 13.2 Å². The smallest absolute Gasteiger partial charge is 0.247 e. The maximum Gasteiger partial charge on any atom is 0.247 e. The summed E-state index contributed by atoms with van der Waals surface area (Å²) in [6, 6.07) is 6.29. The minimum absolute atomic E-state index is 0.337. The molecule has 96 valence electrons. The van der Waals surface area contributed by atoms with E-state index in [0.717, 1.165) is 5.52 Å². The zero-order chi connectivity index (χ0) is 13.4. The average molecular weight is 322 g/mol. The number of pyridine rings is 1. The first-order valence-corrected chi connectivity index (χ1v) is 6.33. The van der Waals surface area contributed by atoms with Crippen LogP contribution in [0.2, 0.25) is 0 Å². The van der Waals surface area contributed by atoms with Gasteiger partial charge in [0.25, 0.3) is 0 Å². The molecule has 3 rings (SSSR count). The summed E-state index contributed by atoms with van der Waals surface area (Å²) in [4.78, 5) is 8.40. The standard InChI is InChI=1S/C13H9BrFN3O/c1-18-7-17-12-11(18)4-5-16-13(12)19-8-2-3-10(15)9(14)6-8/h2-7H,1H3. The first kappa shape index (κ1) is 12.1. The molecule has 0 N–H and O–H groups in total. The second-order valence-electron chi connectivity index (χ2n) is 4.02. The van der Waals surface area contributed by atoms with Crippen molar-refractivity contribution in [3.63, 3.8) is 0 Å². The van der Waals surface area contributed by atoms with Crippen molar-refractivity contribution in [3.05, 3.63) is 47.1 Å². The minimum atomic E-state index is -0.337. The van der Waals surface area contributed by atoms with Gasteiger partial charge in [-0.05, 0) is 40.2 Å². The van der Waals surface area contributed by atoms with Crippen molar-refractivity contribution in [2.45, 2.75) is 0 Å². The van der Waals surface area contributed by atoms with Gasteiger partial charge in [-0.1, -0.05) is 0 Å². The van der Waals surface area contributed by atoms with E-state index in [2.05, 4.69) is 25.9 Å². The van der Waals surface area contributed by atoms with E-state index in [1.165, 1.54) is 6.07 Å². The lowest BCUT2D eigenvalue weighted by Gasteiger charge is -2.06. The lowest BCUT2D eigenvalue weighted by molar-refractivity contribution is 0.465. The van der Waals surface area contributed by atoms with Crippen molar-refractivity contribution in [2.24, 2.45) is 7.05 Å². The molecule has 0 atom stereocenters. The van der Waals surface area contributed by atoms with E-state index < -0.39 is 0 Å². The molecular formula is C13H9BrFN3O. The van der Waals surface area contributed by atoms with Crippen LogP contribution in [-0.4, -0.2) is 14.5 Å². The highest BCUT2D eigenvalue weighted by molar-refractivity contribution is 9.10. The van der Waals surface area contributed by atoms with Gasteiger partial charge in [-0.25, -0.2) is 14.4 Å². The summed E-state index contributed by atoms with van der Waals surface area (Å²) in [5.41, 5.74) is 1.59. The highest BCUT2D eigenvalue weighted by atomic mass is 79.9. The summed E-state index contributed by atoms with van der Waals surface area (Å²) in [6.07, 6.45) is 3.34. The third-order valence-electron chi connectivity index (χ3n) is 2.72. The third kappa shape index (κ3) is 2.19. The van der Waals surface area contributed by atoms with Gasteiger partial charge in [0.2, 0.25) is 5.88 Å². The molecule has 3 aromatic rings. The highest BCUT2D eigenvalue weighted by Crippen LogP contribution is 2.28. The Hall–Kier alpha value is -1.95. The van der Waals surface area contributed by atoms with E-state index in [9.17, 15) is 4.39 Å². The van der Waals surface area contributed by atoms with Crippen LogP contribution in [0.1, 0.15) is 0 Å². The van der Waals surface area contributed by atoms with E-state index in [1.54, 1.807) is 24.7 Å². The Labute approximate surface area is 117 Å². The summed E-state index contributed by atoms with van der Waals surface area (Å²) in [5.74, 6) is 0.562. The Morgan fingerprint density at radius 1 is 1.26 bits per heavy atom. The van der Waals surface area contributed by atoms with Gasteiger partial charge < -0.3 is 9.30 Å². The minimum Gasteiger partial charge on any atom is -0.437 e. The topological polar surface area (TPSA) is 39.9 Å². The number of hydrogen-bond donors (Lipinski definition) is 0. The first-order chi connectivity index (χ1) is 9.15. The fraction of sp³-hybridized carbons (Fsp3) is 0.0769. The van der Waals surface area contributed by atoms with Crippen LogP contribution in [0.3, 0.4) is 0 Å². The Bertz CT molecular complexity index is 757. The zero-order valence-electron chi connectivity index (χ0n) is 9.97. The maximum absolute atomic E-state index is 13.2. The molecule has 0 saturated carbocycles. The largest absolute Gasteiger partial charge is 0.437 e. The fourth-order valence-electron chi connectivity index (χ4n) is 1.76. The lowest BCUT2D eigenvalue weighted by atomic mass is 10.3. The average Bonchev–Trinajstić information content (AvgIpc) is 2.77. The number of halogens is 2. The quantitative estimate of drug-likeness (QED) is 0.723. The number of fused-ring (bicyclic) bond motifs is 1. The van der Waals surface area contributed by atoms with E-state index in [0.29, 0.717) is 21.6 Å². The molecule has 0 bridgehead atoms. The molecule has 0 aliphatic carbocycles. The van der Waals surface area contributed by atoms with Crippen LogP contribution >= 0.6 is 15.9 Å². The third-order valence-corrected chi connectivity index (χ3v) is 3.32. The first-order valence-electron chi connectivity index (χ1n) is 5.54. The summed E-state index contributed by atoms with van der Waals surface area (Å²) >= 11 is 3.12. The molecule has 1 aromatic carbocycles. The Balaban J connectivity index is 2.03. The lowest BCUT2D eigenvalue weighted by Crippen LogP contribution is -1.91. The molecule has 0 fully saturated rings. The van der Waals surface area contributed by atoms with Crippen LogP contribution in [0.5, 0.6) is 11.6 Å². The zero-order valence-corrected chi connectivity index (χ0v) is 11.6. The second kappa shape index (κ2) is 4.62.